The quantitative estimate of drug-likeness (QED) is 0.685. The van der Waals surface area contributed by atoms with E-state index in [2.05, 4.69) is 35.6 Å². The molecule has 1 saturated heterocycles. The maximum absolute atomic E-state index is 3.52. The molecule has 0 amide bonds. The van der Waals surface area contributed by atoms with E-state index in [1.54, 1.807) is 0 Å². The van der Waals surface area contributed by atoms with Crippen molar-refractivity contribution in [3.63, 3.8) is 0 Å². The molecule has 3 rings (SSSR count). The zero-order valence-corrected chi connectivity index (χ0v) is 7.74. The van der Waals surface area contributed by atoms with Gasteiger partial charge in [0, 0.05) is 6.54 Å². The second kappa shape index (κ2) is 2.85. The molecule has 68 valence electrons. The SMILES string of the molecule is c1ccc(C2CNCC3CC32)cc1. The molecule has 1 aromatic carbocycles. The first-order valence-corrected chi connectivity index (χ1v) is 5.21. The molecule has 1 heteroatoms. The van der Waals surface area contributed by atoms with Crippen LogP contribution in [0.4, 0.5) is 0 Å². The zero-order valence-electron chi connectivity index (χ0n) is 7.74. The van der Waals surface area contributed by atoms with Gasteiger partial charge in [0.2, 0.25) is 0 Å². The topological polar surface area (TPSA) is 12.0 Å². The van der Waals surface area contributed by atoms with Crippen LogP contribution >= 0.6 is 0 Å². The van der Waals surface area contributed by atoms with Crippen molar-refractivity contribution in [3.05, 3.63) is 35.9 Å². The first-order valence-electron chi connectivity index (χ1n) is 5.21. The molecule has 1 N–H and O–H groups in total. The third kappa shape index (κ3) is 1.28. The molecule has 2 fully saturated rings. The summed E-state index contributed by atoms with van der Waals surface area (Å²) in [6.07, 6.45) is 1.45. The molecule has 0 bridgehead atoms. The van der Waals surface area contributed by atoms with E-state index in [1.807, 2.05) is 0 Å². The van der Waals surface area contributed by atoms with Crippen molar-refractivity contribution >= 4 is 0 Å². The Balaban J connectivity index is 1.85. The van der Waals surface area contributed by atoms with Crippen LogP contribution in [0.5, 0.6) is 0 Å². The third-order valence-corrected chi connectivity index (χ3v) is 3.49. The van der Waals surface area contributed by atoms with Gasteiger partial charge in [0.1, 0.15) is 0 Å². The summed E-state index contributed by atoms with van der Waals surface area (Å²) in [5.41, 5.74) is 1.53. The summed E-state index contributed by atoms with van der Waals surface area (Å²) in [7, 11) is 0. The van der Waals surface area contributed by atoms with Gasteiger partial charge < -0.3 is 5.32 Å². The molecular formula is C12H15N. The van der Waals surface area contributed by atoms with E-state index in [0.717, 1.165) is 17.8 Å². The standard InChI is InChI=1S/C12H15N/c1-2-4-9(5-3-1)12-8-13-7-10-6-11(10)12/h1-5,10-13H,6-8H2. The lowest BCUT2D eigenvalue weighted by atomic mass is 9.91. The smallest absolute Gasteiger partial charge is 0.00230 e. The Morgan fingerprint density at radius 3 is 2.77 bits per heavy atom. The monoisotopic (exact) mass is 173 g/mol. The maximum atomic E-state index is 3.52. The highest BCUT2D eigenvalue weighted by molar-refractivity contribution is 5.24. The van der Waals surface area contributed by atoms with Crippen LogP contribution in [-0.2, 0) is 0 Å². The lowest BCUT2D eigenvalue weighted by Crippen LogP contribution is -2.30. The molecule has 1 heterocycles. The van der Waals surface area contributed by atoms with E-state index in [9.17, 15) is 0 Å². The predicted octanol–water partition coefficient (Wildman–Crippen LogP) is 2.01. The summed E-state index contributed by atoms with van der Waals surface area (Å²) in [6, 6.07) is 11.0. The summed E-state index contributed by atoms with van der Waals surface area (Å²) < 4.78 is 0. The summed E-state index contributed by atoms with van der Waals surface area (Å²) in [5, 5.41) is 3.52. The number of hydrogen-bond donors (Lipinski definition) is 1. The lowest BCUT2D eigenvalue weighted by Gasteiger charge is -2.22. The van der Waals surface area contributed by atoms with Gasteiger partial charge in [-0.05, 0) is 36.3 Å². The molecule has 1 saturated carbocycles. The number of benzene rings is 1. The minimum absolute atomic E-state index is 0.792. The molecule has 3 atom stereocenters. The summed E-state index contributed by atoms with van der Waals surface area (Å²) in [4.78, 5) is 0. The van der Waals surface area contributed by atoms with E-state index in [4.69, 9.17) is 0 Å². The number of piperidine rings is 1. The first kappa shape index (κ1) is 7.57. The molecule has 3 unspecified atom stereocenters. The second-order valence-corrected chi connectivity index (χ2v) is 4.34. The van der Waals surface area contributed by atoms with Crippen molar-refractivity contribution in [1.82, 2.24) is 5.32 Å². The number of nitrogens with one attached hydrogen (secondary N) is 1. The first-order chi connectivity index (χ1) is 6.45. The second-order valence-electron chi connectivity index (χ2n) is 4.34. The largest absolute Gasteiger partial charge is 0.316 e. The van der Waals surface area contributed by atoms with Gasteiger partial charge in [0.25, 0.3) is 0 Å². The van der Waals surface area contributed by atoms with Crippen molar-refractivity contribution in [2.24, 2.45) is 11.8 Å². The van der Waals surface area contributed by atoms with Crippen molar-refractivity contribution < 1.29 is 0 Å². The number of rotatable bonds is 1. The Morgan fingerprint density at radius 1 is 1.08 bits per heavy atom. The lowest BCUT2D eigenvalue weighted by molar-refractivity contribution is 0.439. The fraction of sp³-hybridized carbons (Fsp3) is 0.500. The zero-order chi connectivity index (χ0) is 8.67. The Bertz CT molecular complexity index is 293. The van der Waals surface area contributed by atoms with Gasteiger partial charge in [-0.1, -0.05) is 30.3 Å². The normalized spacial score (nSPS) is 36.8. The van der Waals surface area contributed by atoms with E-state index >= 15 is 0 Å². The number of fused-ring (bicyclic) bond motifs is 1. The molecule has 0 radical (unpaired) electrons. The van der Waals surface area contributed by atoms with Crippen LogP contribution in [0.15, 0.2) is 30.3 Å². The number of hydrogen-bond acceptors (Lipinski definition) is 1. The van der Waals surface area contributed by atoms with Gasteiger partial charge in [0.05, 0.1) is 0 Å². The Kier molecular flexibility index (Phi) is 1.66. The fourth-order valence-electron chi connectivity index (χ4n) is 2.64. The summed E-state index contributed by atoms with van der Waals surface area (Å²) >= 11 is 0. The highest BCUT2D eigenvalue weighted by Gasteiger charge is 2.45. The van der Waals surface area contributed by atoms with Crippen molar-refractivity contribution in [3.8, 4) is 0 Å². The Hall–Kier alpha value is -0.820. The molecule has 0 spiro atoms. The molecule has 13 heavy (non-hydrogen) atoms. The van der Waals surface area contributed by atoms with Gasteiger partial charge in [-0.3, -0.25) is 0 Å². The van der Waals surface area contributed by atoms with Gasteiger partial charge in [0.15, 0.2) is 0 Å². The minimum Gasteiger partial charge on any atom is -0.316 e. The van der Waals surface area contributed by atoms with Gasteiger partial charge in [-0.15, -0.1) is 0 Å². The van der Waals surface area contributed by atoms with Crippen molar-refractivity contribution in [1.29, 1.82) is 0 Å². The molecule has 2 aliphatic rings. The van der Waals surface area contributed by atoms with Crippen LogP contribution in [-0.4, -0.2) is 13.1 Å². The van der Waals surface area contributed by atoms with Crippen LogP contribution in [0.25, 0.3) is 0 Å². The summed E-state index contributed by atoms with van der Waals surface area (Å²) in [6.45, 7) is 2.44. The van der Waals surface area contributed by atoms with Gasteiger partial charge in [-0.25, -0.2) is 0 Å². The van der Waals surface area contributed by atoms with Gasteiger partial charge >= 0.3 is 0 Å². The van der Waals surface area contributed by atoms with Gasteiger partial charge in [-0.2, -0.15) is 0 Å². The molecule has 1 aromatic rings. The molecule has 1 aliphatic heterocycles. The third-order valence-electron chi connectivity index (χ3n) is 3.49. The van der Waals surface area contributed by atoms with Crippen LogP contribution in [0.2, 0.25) is 0 Å². The van der Waals surface area contributed by atoms with Crippen LogP contribution in [0, 0.1) is 11.8 Å². The van der Waals surface area contributed by atoms with Crippen LogP contribution in [0.3, 0.4) is 0 Å². The van der Waals surface area contributed by atoms with Crippen molar-refractivity contribution in [2.75, 3.05) is 13.1 Å². The molecule has 1 nitrogen and oxygen atoms in total. The summed E-state index contributed by atoms with van der Waals surface area (Å²) in [5.74, 6) is 2.77. The molecule has 0 aromatic heterocycles. The maximum Gasteiger partial charge on any atom is 0.00230 e. The van der Waals surface area contributed by atoms with E-state index in [-0.39, 0.29) is 0 Å². The predicted molar refractivity (Wildman–Crippen MR) is 53.6 cm³/mol. The molecule has 1 aliphatic carbocycles. The average Bonchev–Trinajstić information content (AvgIpc) is 2.97. The minimum atomic E-state index is 0.792. The van der Waals surface area contributed by atoms with E-state index < -0.39 is 0 Å². The Morgan fingerprint density at radius 2 is 1.92 bits per heavy atom. The van der Waals surface area contributed by atoms with E-state index in [1.165, 1.54) is 25.1 Å². The highest BCUT2D eigenvalue weighted by Crippen LogP contribution is 2.49. The van der Waals surface area contributed by atoms with Crippen LogP contribution < -0.4 is 5.32 Å². The fourth-order valence-corrected chi connectivity index (χ4v) is 2.64. The highest BCUT2D eigenvalue weighted by atomic mass is 14.9. The van der Waals surface area contributed by atoms with E-state index in [0.29, 0.717) is 0 Å². The molecular weight excluding hydrogens is 158 g/mol. The average molecular weight is 173 g/mol. The van der Waals surface area contributed by atoms with Crippen LogP contribution in [0.1, 0.15) is 17.9 Å². The Labute approximate surface area is 79.2 Å². The van der Waals surface area contributed by atoms with Crippen molar-refractivity contribution in [2.45, 2.75) is 12.3 Å².